The van der Waals surface area contributed by atoms with E-state index in [0.29, 0.717) is 0 Å². The second kappa shape index (κ2) is 9.05. The summed E-state index contributed by atoms with van der Waals surface area (Å²) >= 11 is 0. The fourth-order valence-corrected chi connectivity index (χ4v) is 3.54. The van der Waals surface area contributed by atoms with E-state index in [1.54, 1.807) is 6.92 Å². The number of rotatable bonds is 9. The molecule has 0 radical (unpaired) electrons. The highest BCUT2D eigenvalue weighted by molar-refractivity contribution is 7.86. The zero-order valence-electron chi connectivity index (χ0n) is 16.2. The molecule has 3 aromatic rings. The molecule has 0 saturated heterocycles. The van der Waals surface area contributed by atoms with Crippen LogP contribution in [0.5, 0.6) is 6.01 Å². The van der Waals surface area contributed by atoms with Gasteiger partial charge in [0.25, 0.3) is 11.2 Å². The smallest absolute Gasteiger partial charge is 0.333 e. The first-order chi connectivity index (χ1) is 14.3. The molecule has 11 nitrogen and oxygen atoms in total. The molecule has 0 aliphatic carbocycles. The summed E-state index contributed by atoms with van der Waals surface area (Å²) in [5.41, 5.74) is 6.80. The summed E-state index contributed by atoms with van der Waals surface area (Å²) in [6.07, 6.45) is 0.158. The van der Waals surface area contributed by atoms with Gasteiger partial charge in [-0.15, -0.1) is 0 Å². The highest BCUT2D eigenvalue weighted by Gasteiger charge is 2.24. The van der Waals surface area contributed by atoms with Gasteiger partial charge in [0.1, 0.15) is 0 Å². The molecule has 3 rings (SSSR count). The van der Waals surface area contributed by atoms with Crippen molar-refractivity contribution >= 4 is 33.1 Å². The van der Waals surface area contributed by atoms with Crippen LogP contribution in [-0.4, -0.2) is 52.2 Å². The third-order valence-electron chi connectivity index (χ3n) is 4.06. The van der Waals surface area contributed by atoms with Crippen molar-refractivity contribution in [1.29, 1.82) is 0 Å². The van der Waals surface area contributed by atoms with Crippen LogP contribution in [0.2, 0.25) is 0 Å². The Labute approximate surface area is 172 Å². The maximum atomic E-state index is 12.5. The van der Waals surface area contributed by atoms with Crippen LogP contribution in [0.15, 0.2) is 35.5 Å². The largest absolute Gasteiger partial charge is 0.480 e. The number of aromatic nitrogens is 4. The number of fused-ring (bicyclic) bond motifs is 1. The predicted octanol–water partition coefficient (Wildman–Crippen LogP) is 1.21. The van der Waals surface area contributed by atoms with Crippen LogP contribution in [0.25, 0.3) is 11.2 Å². The summed E-state index contributed by atoms with van der Waals surface area (Å²) in [6, 6.07) is 8.79. The molecule has 0 bridgehead atoms. The molecule has 2 heterocycles. The summed E-state index contributed by atoms with van der Waals surface area (Å²) in [4.78, 5) is 23.0. The number of esters is 1. The maximum absolute atomic E-state index is 12.5. The SMILES string of the molecule is CCOC(=O)CCCOS(=O)(=O)c1nc(N)c2nc(O)n(Cc3ccccc3)c2n1. The summed E-state index contributed by atoms with van der Waals surface area (Å²) in [5.74, 6) is -0.656. The third-order valence-corrected chi connectivity index (χ3v) is 5.16. The number of ether oxygens (including phenoxy) is 1. The Bertz CT molecular complexity index is 1150. The van der Waals surface area contributed by atoms with E-state index >= 15 is 0 Å². The van der Waals surface area contributed by atoms with Crippen molar-refractivity contribution in [1.82, 2.24) is 19.5 Å². The molecule has 30 heavy (non-hydrogen) atoms. The normalized spacial score (nSPS) is 11.6. The quantitative estimate of drug-likeness (QED) is 0.216. The van der Waals surface area contributed by atoms with Crippen molar-refractivity contribution in [2.24, 2.45) is 0 Å². The molecule has 0 saturated carbocycles. The van der Waals surface area contributed by atoms with Gasteiger partial charge in [0, 0.05) is 6.42 Å². The second-order valence-electron chi connectivity index (χ2n) is 6.23. The number of hydrogen-bond acceptors (Lipinski definition) is 10. The first kappa shape index (κ1) is 21.5. The van der Waals surface area contributed by atoms with Gasteiger partial charge >= 0.3 is 16.1 Å². The molecule has 0 aliphatic rings. The number of nitrogens with two attached hydrogens (primary N) is 1. The monoisotopic (exact) mass is 435 g/mol. The number of imidazole rings is 1. The van der Waals surface area contributed by atoms with Gasteiger partial charge in [-0.05, 0) is 18.9 Å². The molecule has 160 valence electrons. The average molecular weight is 435 g/mol. The van der Waals surface area contributed by atoms with Crippen molar-refractivity contribution in [3.05, 3.63) is 35.9 Å². The highest BCUT2D eigenvalue weighted by atomic mass is 32.2. The van der Waals surface area contributed by atoms with Crippen LogP contribution in [0.1, 0.15) is 25.3 Å². The van der Waals surface area contributed by atoms with E-state index in [1.807, 2.05) is 30.3 Å². The number of carbonyl (C=O) groups is 1. The number of hydrogen-bond donors (Lipinski definition) is 2. The molecule has 0 spiro atoms. The molecule has 0 fully saturated rings. The lowest BCUT2D eigenvalue weighted by atomic mass is 10.2. The van der Waals surface area contributed by atoms with Crippen LogP contribution in [0.4, 0.5) is 5.82 Å². The molecule has 0 atom stereocenters. The van der Waals surface area contributed by atoms with Crippen molar-refractivity contribution in [3.63, 3.8) is 0 Å². The van der Waals surface area contributed by atoms with Gasteiger partial charge in [-0.25, -0.2) is 0 Å². The van der Waals surface area contributed by atoms with Crippen LogP contribution >= 0.6 is 0 Å². The van der Waals surface area contributed by atoms with Gasteiger partial charge in [-0.2, -0.15) is 23.4 Å². The first-order valence-electron chi connectivity index (χ1n) is 9.13. The van der Waals surface area contributed by atoms with E-state index in [1.165, 1.54) is 4.57 Å². The average Bonchev–Trinajstić information content (AvgIpc) is 3.02. The molecular weight excluding hydrogens is 414 g/mol. The summed E-state index contributed by atoms with van der Waals surface area (Å²) in [7, 11) is -4.34. The molecule has 3 N–H and O–H groups in total. The Morgan fingerprint density at radius 3 is 2.63 bits per heavy atom. The van der Waals surface area contributed by atoms with E-state index in [2.05, 4.69) is 15.0 Å². The first-order valence-corrected chi connectivity index (χ1v) is 10.5. The van der Waals surface area contributed by atoms with Crippen molar-refractivity contribution in [2.45, 2.75) is 31.5 Å². The Kier molecular flexibility index (Phi) is 6.47. The number of aromatic hydroxyl groups is 1. The van der Waals surface area contributed by atoms with Crippen LogP contribution in [0.3, 0.4) is 0 Å². The van der Waals surface area contributed by atoms with E-state index in [4.69, 9.17) is 14.7 Å². The van der Waals surface area contributed by atoms with E-state index in [9.17, 15) is 18.3 Å². The van der Waals surface area contributed by atoms with Gasteiger partial charge < -0.3 is 15.6 Å². The maximum Gasteiger partial charge on any atom is 0.333 e. The Hall–Kier alpha value is -3.25. The Morgan fingerprint density at radius 1 is 1.20 bits per heavy atom. The molecular formula is C18H21N5O6S. The van der Waals surface area contributed by atoms with E-state index < -0.39 is 21.2 Å². The molecule has 1 aromatic carbocycles. The molecule has 12 heteroatoms. The predicted molar refractivity (Wildman–Crippen MR) is 106 cm³/mol. The van der Waals surface area contributed by atoms with Crippen LogP contribution < -0.4 is 5.73 Å². The second-order valence-corrected chi connectivity index (χ2v) is 7.74. The van der Waals surface area contributed by atoms with E-state index in [-0.39, 0.29) is 55.6 Å². The molecule has 0 aliphatic heterocycles. The summed E-state index contributed by atoms with van der Waals surface area (Å²) < 4.78 is 35.9. The number of anilines is 1. The van der Waals surface area contributed by atoms with Gasteiger partial charge in [0.05, 0.1) is 19.8 Å². The van der Waals surface area contributed by atoms with Crippen molar-refractivity contribution in [3.8, 4) is 6.01 Å². The van der Waals surface area contributed by atoms with Crippen molar-refractivity contribution < 1.29 is 27.2 Å². The van der Waals surface area contributed by atoms with Gasteiger partial charge in [-0.1, -0.05) is 30.3 Å². The summed E-state index contributed by atoms with van der Waals surface area (Å²) in [6.45, 7) is 1.86. The summed E-state index contributed by atoms with van der Waals surface area (Å²) in [5, 5.41) is 9.53. The molecule has 0 amide bonds. The minimum absolute atomic E-state index is 0.0170. The van der Waals surface area contributed by atoms with Gasteiger partial charge in [-0.3, -0.25) is 13.5 Å². The number of carbonyl (C=O) groups excluding carboxylic acids is 1. The van der Waals surface area contributed by atoms with Gasteiger partial charge in [0.2, 0.25) is 0 Å². The fraction of sp³-hybridized carbons (Fsp3) is 0.333. The van der Waals surface area contributed by atoms with E-state index in [0.717, 1.165) is 5.56 Å². The lowest BCUT2D eigenvalue weighted by molar-refractivity contribution is -0.143. The Morgan fingerprint density at radius 2 is 1.93 bits per heavy atom. The lowest BCUT2D eigenvalue weighted by Gasteiger charge is -2.08. The standard InChI is InChI=1S/C18H21N5O6S/c1-2-28-13(24)9-6-10-29-30(26,27)17-21-15(19)14-16(22-17)23(18(25)20-14)11-12-7-4-3-5-8-12/h3-5,7-8H,2,6,9-11H2,1H3,(H,20,25)(H2,19,21,22). The number of benzene rings is 1. The number of nitrogen functional groups attached to an aromatic ring is 1. The van der Waals surface area contributed by atoms with Crippen LogP contribution in [0, 0.1) is 0 Å². The topological polar surface area (TPSA) is 160 Å². The molecule has 0 unspecified atom stereocenters. The Balaban J connectivity index is 1.84. The minimum Gasteiger partial charge on any atom is -0.480 e. The van der Waals surface area contributed by atoms with Gasteiger partial charge in [0.15, 0.2) is 17.0 Å². The highest BCUT2D eigenvalue weighted by Crippen LogP contribution is 2.25. The fourth-order valence-electron chi connectivity index (χ4n) is 2.68. The third kappa shape index (κ3) is 4.83. The van der Waals surface area contributed by atoms with Crippen molar-refractivity contribution in [2.75, 3.05) is 18.9 Å². The zero-order valence-corrected chi connectivity index (χ0v) is 17.0. The minimum atomic E-state index is -4.34. The lowest BCUT2D eigenvalue weighted by Crippen LogP contribution is -2.14. The zero-order chi connectivity index (χ0) is 21.7. The molecule has 2 aromatic heterocycles. The van der Waals surface area contributed by atoms with Crippen LogP contribution in [-0.2, 0) is 30.4 Å². The number of nitrogens with zero attached hydrogens (tertiary/aromatic N) is 4.